The number of aromatic nitrogens is 2. The zero-order valence-electron chi connectivity index (χ0n) is 7.56. The normalized spacial score (nSPS) is 10.4. The van der Waals surface area contributed by atoms with Crippen molar-refractivity contribution in [3.63, 3.8) is 0 Å². The molecule has 2 heterocycles. The molecule has 1 amide bonds. The summed E-state index contributed by atoms with van der Waals surface area (Å²) in [6.07, 6.45) is 1.72. The number of amides is 1. The number of carbonyl (C=O) groups is 1. The van der Waals surface area contributed by atoms with E-state index in [9.17, 15) is 9.90 Å². The van der Waals surface area contributed by atoms with Crippen LogP contribution in [0.15, 0.2) is 24.4 Å². The maximum Gasteiger partial charge on any atom is 0.239 e. The maximum atomic E-state index is 10.8. The molecule has 0 aliphatic heterocycles. The van der Waals surface area contributed by atoms with Gasteiger partial charge in [0, 0.05) is 13.1 Å². The number of rotatable bonds is 1. The Morgan fingerprint density at radius 3 is 3.07 bits per heavy atom. The lowest BCUT2D eigenvalue weighted by molar-refractivity contribution is -0.114. The Balaban J connectivity index is 2.60. The maximum absolute atomic E-state index is 10.8. The Kier molecular flexibility index (Phi) is 1.85. The van der Waals surface area contributed by atoms with Crippen molar-refractivity contribution in [1.82, 2.24) is 9.38 Å². The Morgan fingerprint density at radius 2 is 2.36 bits per heavy atom. The summed E-state index contributed by atoms with van der Waals surface area (Å²) in [6, 6.07) is 5.29. The van der Waals surface area contributed by atoms with Gasteiger partial charge in [-0.15, -0.1) is 0 Å². The van der Waals surface area contributed by atoms with Gasteiger partial charge in [0.25, 0.3) is 0 Å². The number of aromatic hydroxyl groups is 1. The fraction of sp³-hybridized carbons (Fsp3) is 0.111. The molecule has 14 heavy (non-hydrogen) atoms. The van der Waals surface area contributed by atoms with Gasteiger partial charge in [-0.3, -0.25) is 14.5 Å². The lowest BCUT2D eigenvalue weighted by atomic mass is 10.4. The molecule has 2 aromatic rings. The molecule has 0 aromatic carbocycles. The van der Waals surface area contributed by atoms with E-state index in [-0.39, 0.29) is 11.8 Å². The monoisotopic (exact) mass is 191 g/mol. The first-order valence-electron chi connectivity index (χ1n) is 4.12. The highest BCUT2D eigenvalue weighted by Gasteiger charge is 2.09. The van der Waals surface area contributed by atoms with E-state index in [1.54, 1.807) is 28.8 Å². The largest absolute Gasteiger partial charge is 0.492 e. The van der Waals surface area contributed by atoms with E-state index in [4.69, 9.17) is 0 Å². The molecule has 0 saturated heterocycles. The lowest BCUT2D eigenvalue weighted by Gasteiger charge is -1.98. The van der Waals surface area contributed by atoms with Crippen LogP contribution in [-0.4, -0.2) is 20.4 Å². The third kappa shape index (κ3) is 1.28. The third-order valence-corrected chi connectivity index (χ3v) is 1.82. The van der Waals surface area contributed by atoms with Crippen molar-refractivity contribution in [2.75, 3.05) is 5.32 Å². The van der Waals surface area contributed by atoms with Crippen LogP contribution in [0.5, 0.6) is 5.88 Å². The predicted octanol–water partition coefficient (Wildman–Crippen LogP) is 0.998. The topological polar surface area (TPSA) is 66.6 Å². The van der Waals surface area contributed by atoms with Crippen molar-refractivity contribution in [3.8, 4) is 5.88 Å². The number of hydrogen-bond donors (Lipinski definition) is 2. The van der Waals surface area contributed by atoms with Gasteiger partial charge in [0.1, 0.15) is 5.52 Å². The van der Waals surface area contributed by atoms with Crippen LogP contribution in [0, 0.1) is 0 Å². The molecule has 5 heteroatoms. The lowest BCUT2D eigenvalue weighted by Crippen LogP contribution is -2.08. The number of fused-ring (bicyclic) bond motifs is 1. The summed E-state index contributed by atoms with van der Waals surface area (Å²) in [5.74, 6) is 0.0145. The van der Waals surface area contributed by atoms with Gasteiger partial charge >= 0.3 is 0 Å². The minimum absolute atomic E-state index is 0.0886. The third-order valence-electron chi connectivity index (χ3n) is 1.82. The summed E-state index contributed by atoms with van der Waals surface area (Å²) in [5, 5.41) is 11.9. The fourth-order valence-corrected chi connectivity index (χ4v) is 1.27. The minimum Gasteiger partial charge on any atom is -0.492 e. The van der Waals surface area contributed by atoms with Gasteiger partial charge in [0.15, 0.2) is 0 Å². The minimum atomic E-state index is -0.222. The predicted molar refractivity (Wildman–Crippen MR) is 51.2 cm³/mol. The second kappa shape index (κ2) is 3.02. The number of hydrogen-bond acceptors (Lipinski definition) is 3. The Hall–Kier alpha value is -2.04. The van der Waals surface area contributed by atoms with Gasteiger partial charge in [0.05, 0.1) is 0 Å². The number of carbonyl (C=O) groups excluding carboxylic acids is 1. The molecule has 0 spiro atoms. The van der Waals surface area contributed by atoms with Crippen molar-refractivity contribution in [2.24, 2.45) is 0 Å². The van der Waals surface area contributed by atoms with Gasteiger partial charge in [0.2, 0.25) is 17.7 Å². The molecule has 0 saturated carbocycles. The van der Waals surface area contributed by atoms with E-state index < -0.39 is 0 Å². The van der Waals surface area contributed by atoms with Crippen LogP contribution in [0.25, 0.3) is 5.52 Å². The molecule has 0 unspecified atom stereocenters. The summed E-state index contributed by atoms with van der Waals surface area (Å²) in [4.78, 5) is 14.6. The Labute approximate surface area is 80.0 Å². The average molecular weight is 191 g/mol. The summed E-state index contributed by atoms with van der Waals surface area (Å²) in [6.45, 7) is 1.39. The molecule has 0 radical (unpaired) electrons. The molecule has 0 atom stereocenters. The van der Waals surface area contributed by atoms with Crippen molar-refractivity contribution in [2.45, 2.75) is 6.92 Å². The molecule has 2 rings (SSSR count). The molecule has 72 valence electrons. The van der Waals surface area contributed by atoms with Crippen LogP contribution in [0.1, 0.15) is 6.92 Å². The molecule has 5 nitrogen and oxygen atoms in total. The average Bonchev–Trinajstić information content (AvgIpc) is 2.44. The first kappa shape index (κ1) is 8.55. The van der Waals surface area contributed by atoms with Crippen LogP contribution < -0.4 is 5.32 Å². The molecule has 0 bridgehead atoms. The second-order valence-corrected chi connectivity index (χ2v) is 2.90. The molecular weight excluding hydrogens is 182 g/mol. The summed E-state index contributed by atoms with van der Waals surface area (Å²) < 4.78 is 1.61. The smallest absolute Gasteiger partial charge is 0.239 e. The zero-order valence-corrected chi connectivity index (χ0v) is 7.56. The van der Waals surface area contributed by atoms with Gasteiger partial charge in [-0.05, 0) is 12.1 Å². The molecule has 0 aliphatic carbocycles. The van der Waals surface area contributed by atoms with E-state index in [2.05, 4.69) is 10.3 Å². The van der Waals surface area contributed by atoms with E-state index in [1.807, 2.05) is 0 Å². The first-order valence-corrected chi connectivity index (χ1v) is 4.12. The van der Waals surface area contributed by atoms with Crippen LogP contribution in [0.4, 0.5) is 5.95 Å². The zero-order chi connectivity index (χ0) is 10.1. The van der Waals surface area contributed by atoms with E-state index in [0.717, 1.165) is 0 Å². The van der Waals surface area contributed by atoms with Gasteiger partial charge in [-0.1, -0.05) is 6.07 Å². The number of anilines is 1. The van der Waals surface area contributed by atoms with E-state index >= 15 is 0 Å². The molecule has 0 aliphatic rings. The van der Waals surface area contributed by atoms with Crippen molar-refractivity contribution >= 4 is 17.4 Å². The number of imidazole rings is 1. The second-order valence-electron chi connectivity index (χ2n) is 2.90. The first-order chi connectivity index (χ1) is 6.68. The van der Waals surface area contributed by atoms with Crippen LogP contribution in [0.3, 0.4) is 0 Å². The highest BCUT2D eigenvalue weighted by molar-refractivity contribution is 5.87. The van der Waals surface area contributed by atoms with E-state index in [1.165, 1.54) is 6.92 Å². The molecule has 0 fully saturated rings. The van der Waals surface area contributed by atoms with Crippen molar-refractivity contribution < 1.29 is 9.90 Å². The Bertz CT molecular complexity index is 490. The quantitative estimate of drug-likeness (QED) is 0.706. The van der Waals surface area contributed by atoms with Crippen LogP contribution in [0.2, 0.25) is 0 Å². The SMILES string of the molecule is CC(=O)Nc1nc(O)c2ccccn12. The molecular formula is C9H9N3O2. The fourth-order valence-electron chi connectivity index (χ4n) is 1.27. The summed E-state index contributed by atoms with van der Waals surface area (Å²) in [7, 11) is 0. The van der Waals surface area contributed by atoms with E-state index in [0.29, 0.717) is 11.5 Å². The highest BCUT2D eigenvalue weighted by Crippen LogP contribution is 2.21. The Morgan fingerprint density at radius 1 is 1.57 bits per heavy atom. The summed E-state index contributed by atoms with van der Waals surface area (Å²) in [5.41, 5.74) is 0.566. The standard InChI is InChI=1S/C9H9N3O2/c1-6(13)10-9-11-8(14)7-4-2-3-5-12(7)9/h2-5,14H,1H3,(H,10,11,13). The van der Waals surface area contributed by atoms with Crippen molar-refractivity contribution in [3.05, 3.63) is 24.4 Å². The highest BCUT2D eigenvalue weighted by atomic mass is 16.3. The van der Waals surface area contributed by atoms with Crippen LogP contribution >= 0.6 is 0 Å². The molecule has 2 N–H and O–H groups in total. The number of pyridine rings is 1. The van der Waals surface area contributed by atoms with Gasteiger partial charge in [-0.25, -0.2) is 0 Å². The van der Waals surface area contributed by atoms with Crippen LogP contribution in [-0.2, 0) is 4.79 Å². The number of nitrogens with one attached hydrogen (secondary N) is 1. The van der Waals surface area contributed by atoms with Gasteiger partial charge in [-0.2, -0.15) is 4.98 Å². The number of nitrogens with zero attached hydrogens (tertiary/aromatic N) is 2. The van der Waals surface area contributed by atoms with Crippen molar-refractivity contribution in [1.29, 1.82) is 0 Å². The molecule has 2 aromatic heterocycles. The summed E-state index contributed by atoms with van der Waals surface area (Å²) >= 11 is 0. The van der Waals surface area contributed by atoms with Gasteiger partial charge < -0.3 is 5.11 Å².